The molecule has 9 heteroatoms. The van der Waals surface area contributed by atoms with Gasteiger partial charge in [-0.25, -0.2) is 0 Å². The van der Waals surface area contributed by atoms with E-state index in [2.05, 4.69) is 4.18 Å². The third-order valence-corrected chi connectivity index (χ3v) is 4.83. The quantitative estimate of drug-likeness (QED) is 0.463. The van der Waals surface area contributed by atoms with Gasteiger partial charge in [-0.3, -0.25) is 4.79 Å². The fourth-order valence-corrected chi connectivity index (χ4v) is 3.18. The first-order valence-electron chi connectivity index (χ1n) is 7.36. The average molecular weight is 366 g/mol. The summed E-state index contributed by atoms with van der Waals surface area (Å²) in [4.78, 5) is 10.9. The third kappa shape index (κ3) is 4.62. The van der Waals surface area contributed by atoms with Crippen LogP contribution in [-0.4, -0.2) is 26.0 Å². The summed E-state index contributed by atoms with van der Waals surface area (Å²) in [5, 5.41) is 0. The summed E-state index contributed by atoms with van der Waals surface area (Å²) >= 11 is 0. The van der Waals surface area contributed by atoms with Gasteiger partial charge in [-0.15, -0.1) is 0 Å². The topological polar surface area (TPSA) is 69.7 Å². The fraction of sp³-hybridized carbons (Fsp3) is 0.533. The fourth-order valence-electron chi connectivity index (χ4n) is 2.72. The Labute approximate surface area is 137 Å². The molecular formula is C15H17F3O5S. The van der Waals surface area contributed by atoms with E-state index in [1.54, 1.807) is 12.1 Å². The number of esters is 1. The molecule has 0 heterocycles. The van der Waals surface area contributed by atoms with Crippen LogP contribution in [0.5, 0.6) is 5.75 Å². The highest BCUT2D eigenvalue weighted by Crippen LogP contribution is 2.35. The van der Waals surface area contributed by atoms with Crippen LogP contribution in [-0.2, 0) is 19.6 Å². The van der Waals surface area contributed by atoms with Crippen molar-refractivity contribution in [3.8, 4) is 5.75 Å². The van der Waals surface area contributed by atoms with Crippen LogP contribution in [0.15, 0.2) is 24.3 Å². The lowest BCUT2D eigenvalue weighted by molar-refractivity contribution is -0.147. The minimum Gasteiger partial charge on any atom is -0.463 e. The molecule has 0 amide bonds. The number of hydrogen-bond acceptors (Lipinski definition) is 5. The highest BCUT2D eigenvalue weighted by Gasteiger charge is 2.48. The Bertz CT molecular complexity index is 674. The molecule has 0 N–H and O–H groups in total. The monoisotopic (exact) mass is 366 g/mol. The lowest BCUT2D eigenvalue weighted by atomic mass is 9.83. The van der Waals surface area contributed by atoms with E-state index in [9.17, 15) is 26.4 Å². The normalized spacial score (nSPS) is 22.0. The zero-order valence-electron chi connectivity index (χ0n) is 12.9. The standard InChI is InChI=1S/C15H17F3O5S/c1-10(19)22-13-6-2-11(3-7-13)12-4-8-14(9-5-12)23-24(20,21)15(16,17)18/h4-5,8-9,11,13H,2-3,6-7H2,1H3/t11-,13-. The van der Waals surface area contributed by atoms with Crippen molar-refractivity contribution >= 4 is 16.1 Å². The Balaban J connectivity index is 1.97. The van der Waals surface area contributed by atoms with Crippen molar-refractivity contribution in [2.45, 2.75) is 50.1 Å². The molecule has 1 aliphatic carbocycles. The van der Waals surface area contributed by atoms with E-state index in [0.717, 1.165) is 18.4 Å². The molecule has 0 spiro atoms. The van der Waals surface area contributed by atoms with Crippen molar-refractivity contribution in [2.75, 3.05) is 0 Å². The smallest absolute Gasteiger partial charge is 0.463 e. The van der Waals surface area contributed by atoms with Gasteiger partial charge in [-0.1, -0.05) is 12.1 Å². The van der Waals surface area contributed by atoms with Crippen LogP contribution in [0.2, 0.25) is 0 Å². The summed E-state index contributed by atoms with van der Waals surface area (Å²) in [6.45, 7) is 1.36. The first-order chi connectivity index (χ1) is 11.1. The van der Waals surface area contributed by atoms with Gasteiger partial charge in [0.1, 0.15) is 11.9 Å². The third-order valence-electron chi connectivity index (χ3n) is 3.85. The van der Waals surface area contributed by atoms with Gasteiger partial charge in [0.25, 0.3) is 0 Å². The van der Waals surface area contributed by atoms with E-state index in [0.29, 0.717) is 12.8 Å². The lowest BCUT2D eigenvalue weighted by Gasteiger charge is -2.28. The van der Waals surface area contributed by atoms with Gasteiger partial charge < -0.3 is 8.92 Å². The number of carbonyl (C=O) groups excluding carboxylic acids is 1. The molecule has 24 heavy (non-hydrogen) atoms. The molecule has 1 aromatic rings. The van der Waals surface area contributed by atoms with Crippen molar-refractivity contribution in [3.63, 3.8) is 0 Å². The highest BCUT2D eigenvalue weighted by atomic mass is 32.2. The van der Waals surface area contributed by atoms with Crippen molar-refractivity contribution in [1.82, 2.24) is 0 Å². The zero-order valence-corrected chi connectivity index (χ0v) is 13.7. The van der Waals surface area contributed by atoms with E-state index < -0.39 is 15.6 Å². The van der Waals surface area contributed by atoms with Gasteiger partial charge in [-0.2, -0.15) is 21.6 Å². The second-order valence-corrected chi connectivity index (χ2v) is 7.17. The summed E-state index contributed by atoms with van der Waals surface area (Å²) in [6, 6.07) is 5.52. The first-order valence-corrected chi connectivity index (χ1v) is 8.77. The molecule has 0 bridgehead atoms. The minimum atomic E-state index is -5.66. The molecule has 0 atom stereocenters. The molecule has 0 aromatic heterocycles. The maximum Gasteiger partial charge on any atom is 0.534 e. The molecule has 134 valence electrons. The minimum absolute atomic E-state index is 0.0988. The van der Waals surface area contributed by atoms with Gasteiger partial charge >= 0.3 is 21.6 Å². The van der Waals surface area contributed by atoms with Crippen molar-refractivity contribution in [1.29, 1.82) is 0 Å². The molecular weight excluding hydrogens is 349 g/mol. The van der Waals surface area contributed by atoms with E-state index in [1.165, 1.54) is 19.1 Å². The van der Waals surface area contributed by atoms with Crippen molar-refractivity contribution < 1.29 is 35.3 Å². The molecule has 0 aliphatic heterocycles. The van der Waals surface area contributed by atoms with Crippen LogP contribution >= 0.6 is 0 Å². The number of halogens is 3. The molecule has 1 aromatic carbocycles. The molecule has 0 radical (unpaired) electrons. The zero-order chi connectivity index (χ0) is 18.0. The van der Waals surface area contributed by atoms with Crippen molar-refractivity contribution in [3.05, 3.63) is 29.8 Å². The maximum atomic E-state index is 12.3. The Morgan fingerprint density at radius 3 is 2.08 bits per heavy atom. The number of alkyl halides is 3. The van der Waals surface area contributed by atoms with Gasteiger partial charge in [0.2, 0.25) is 0 Å². The summed E-state index contributed by atoms with van der Waals surface area (Å²) in [7, 11) is -5.66. The predicted octanol–water partition coefficient (Wildman–Crippen LogP) is 3.50. The molecule has 2 rings (SSSR count). The van der Waals surface area contributed by atoms with Crippen LogP contribution < -0.4 is 4.18 Å². The molecule has 0 saturated heterocycles. The van der Waals surface area contributed by atoms with E-state index in [-0.39, 0.29) is 23.7 Å². The summed E-state index contributed by atoms with van der Waals surface area (Å²) < 4.78 is 67.9. The second kappa shape index (κ2) is 7.00. The van der Waals surface area contributed by atoms with Gasteiger partial charge in [-0.05, 0) is 49.3 Å². The van der Waals surface area contributed by atoms with Crippen LogP contribution in [0.1, 0.15) is 44.1 Å². The average Bonchev–Trinajstić information content (AvgIpc) is 2.47. The number of carbonyl (C=O) groups is 1. The predicted molar refractivity (Wildman–Crippen MR) is 78.8 cm³/mol. The Morgan fingerprint density at radius 1 is 1.08 bits per heavy atom. The number of benzene rings is 1. The SMILES string of the molecule is CC(=O)O[C@H]1CC[C@H](c2ccc(OS(=O)(=O)C(F)(F)F)cc2)CC1. The number of rotatable bonds is 4. The molecule has 1 aliphatic rings. The Hall–Kier alpha value is -1.77. The summed E-state index contributed by atoms with van der Waals surface area (Å²) in [6.07, 6.45) is 2.88. The Kier molecular flexibility index (Phi) is 5.42. The van der Waals surface area contributed by atoms with Crippen LogP contribution in [0, 0.1) is 0 Å². The lowest BCUT2D eigenvalue weighted by Crippen LogP contribution is -2.28. The number of ether oxygens (including phenoxy) is 1. The van der Waals surface area contributed by atoms with Gasteiger partial charge in [0, 0.05) is 6.92 Å². The summed E-state index contributed by atoms with van der Waals surface area (Å²) in [5.41, 5.74) is -4.58. The molecule has 0 unspecified atom stereocenters. The highest BCUT2D eigenvalue weighted by molar-refractivity contribution is 7.87. The van der Waals surface area contributed by atoms with E-state index in [1.807, 2.05) is 0 Å². The first kappa shape index (κ1) is 18.6. The van der Waals surface area contributed by atoms with Crippen LogP contribution in [0.4, 0.5) is 13.2 Å². The number of hydrogen-bond donors (Lipinski definition) is 0. The van der Waals surface area contributed by atoms with E-state index in [4.69, 9.17) is 4.74 Å². The van der Waals surface area contributed by atoms with Gasteiger partial charge in [0.15, 0.2) is 0 Å². The summed E-state index contributed by atoms with van der Waals surface area (Å²) in [5.74, 6) is -0.513. The van der Waals surface area contributed by atoms with E-state index >= 15 is 0 Å². The Morgan fingerprint density at radius 2 is 1.62 bits per heavy atom. The van der Waals surface area contributed by atoms with Crippen molar-refractivity contribution in [2.24, 2.45) is 0 Å². The van der Waals surface area contributed by atoms with Crippen LogP contribution in [0.3, 0.4) is 0 Å². The van der Waals surface area contributed by atoms with Crippen LogP contribution in [0.25, 0.3) is 0 Å². The van der Waals surface area contributed by atoms with Gasteiger partial charge in [0.05, 0.1) is 0 Å². The second-order valence-electron chi connectivity index (χ2n) is 5.64. The maximum absolute atomic E-state index is 12.3. The molecule has 5 nitrogen and oxygen atoms in total. The largest absolute Gasteiger partial charge is 0.534 e. The molecule has 1 fully saturated rings. The molecule has 1 saturated carbocycles.